The van der Waals surface area contributed by atoms with Crippen LogP contribution in [0.5, 0.6) is 5.75 Å². The Hall–Kier alpha value is -3.07. The van der Waals surface area contributed by atoms with E-state index in [2.05, 4.69) is 20.6 Å². The summed E-state index contributed by atoms with van der Waals surface area (Å²) in [4.78, 5) is 21.4. The standard InChI is InChI=1S/C23H29ClFN5O3/c1-22(2)11-15(12-23(3,4)30(22)9-8-19(31)32)27-20-17(25)13-26-21(29-20)28-14-6-7-18(33-5)16(24)10-14/h6-10,13,15H,11-12H2,1-5H3,(H,31,32)(H2,26,27,28,29). The molecule has 0 spiro atoms. The van der Waals surface area contributed by atoms with Gasteiger partial charge in [-0.1, -0.05) is 11.6 Å². The SMILES string of the molecule is COc1ccc(Nc2ncc(F)c(NC3CC(C)(C)N(C=CC(=O)O)C(C)(C)C3)n2)cc1Cl. The van der Waals surface area contributed by atoms with Gasteiger partial charge in [-0.05, 0) is 58.7 Å². The number of nitrogens with one attached hydrogen (secondary N) is 2. The molecule has 1 aliphatic rings. The van der Waals surface area contributed by atoms with Crippen LogP contribution in [0.15, 0.2) is 36.7 Å². The molecule has 1 saturated heterocycles. The molecular weight excluding hydrogens is 449 g/mol. The predicted molar refractivity (Wildman–Crippen MR) is 127 cm³/mol. The van der Waals surface area contributed by atoms with E-state index in [-0.39, 0.29) is 28.9 Å². The van der Waals surface area contributed by atoms with Gasteiger partial charge >= 0.3 is 5.97 Å². The zero-order chi connectivity index (χ0) is 24.4. The van der Waals surface area contributed by atoms with E-state index in [0.717, 1.165) is 12.3 Å². The van der Waals surface area contributed by atoms with Crippen LogP contribution in [0.4, 0.5) is 21.8 Å². The molecule has 0 atom stereocenters. The summed E-state index contributed by atoms with van der Waals surface area (Å²) in [5, 5.41) is 15.7. The van der Waals surface area contributed by atoms with Crippen LogP contribution in [0.3, 0.4) is 0 Å². The molecule has 0 unspecified atom stereocenters. The first-order valence-corrected chi connectivity index (χ1v) is 10.9. The number of nitrogens with zero attached hydrogens (tertiary/aromatic N) is 3. The van der Waals surface area contributed by atoms with Crippen molar-refractivity contribution in [2.24, 2.45) is 0 Å². The number of ether oxygens (including phenoxy) is 1. The second-order valence-corrected chi connectivity index (χ2v) is 9.67. The molecule has 2 heterocycles. The number of likely N-dealkylation sites (tertiary alicyclic amines) is 1. The summed E-state index contributed by atoms with van der Waals surface area (Å²) >= 11 is 6.17. The molecule has 10 heteroatoms. The molecule has 0 radical (unpaired) electrons. The highest BCUT2D eigenvalue weighted by Crippen LogP contribution is 2.40. The lowest BCUT2D eigenvalue weighted by atomic mass is 9.77. The highest BCUT2D eigenvalue weighted by Gasteiger charge is 2.44. The number of carboxylic acids is 1. The normalized spacial score (nSPS) is 17.7. The average Bonchev–Trinajstić information content (AvgIpc) is 2.68. The number of methoxy groups -OCH3 is 1. The summed E-state index contributed by atoms with van der Waals surface area (Å²) in [7, 11) is 1.53. The topological polar surface area (TPSA) is 99.6 Å². The number of carboxylic acid groups (broad SMARTS) is 1. The molecule has 2 aromatic rings. The lowest BCUT2D eigenvalue weighted by Crippen LogP contribution is -2.60. The number of halogens is 2. The van der Waals surface area contributed by atoms with Gasteiger partial charge in [-0.15, -0.1) is 0 Å². The first kappa shape index (κ1) is 24.6. The van der Waals surface area contributed by atoms with Gasteiger partial charge in [0, 0.05) is 35.1 Å². The molecule has 1 fully saturated rings. The van der Waals surface area contributed by atoms with Crippen LogP contribution in [0.25, 0.3) is 0 Å². The van der Waals surface area contributed by atoms with Crippen molar-refractivity contribution in [1.29, 1.82) is 0 Å². The molecule has 0 saturated carbocycles. The molecule has 0 amide bonds. The Morgan fingerprint density at radius 1 is 1.30 bits per heavy atom. The van der Waals surface area contributed by atoms with Crippen molar-refractivity contribution in [3.8, 4) is 5.75 Å². The molecule has 1 aromatic carbocycles. The minimum absolute atomic E-state index is 0.0860. The zero-order valence-corrected chi connectivity index (χ0v) is 20.1. The number of anilines is 3. The number of hydrogen-bond acceptors (Lipinski definition) is 7. The van der Waals surface area contributed by atoms with Crippen LogP contribution in [0.2, 0.25) is 5.02 Å². The van der Waals surface area contributed by atoms with E-state index in [1.165, 1.54) is 7.11 Å². The van der Waals surface area contributed by atoms with E-state index < -0.39 is 11.8 Å². The Kier molecular flexibility index (Phi) is 7.02. The fraction of sp³-hybridized carbons (Fsp3) is 0.435. The zero-order valence-electron chi connectivity index (χ0n) is 19.3. The predicted octanol–water partition coefficient (Wildman–Crippen LogP) is 5.05. The summed E-state index contributed by atoms with van der Waals surface area (Å²) < 4.78 is 19.7. The van der Waals surface area contributed by atoms with Crippen molar-refractivity contribution in [1.82, 2.24) is 14.9 Å². The molecule has 0 bridgehead atoms. The molecule has 178 valence electrons. The van der Waals surface area contributed by atoms with Crippen molar-refractivity contribution < 1.29 is 19.0 Å². The monoisotopic (exact) mass is 477 g/mol. The Labute approximate surface area is 197 Å². The number of aromatic nitrogens is 2. The molecule has 8 nitrogen and oxygen atoms in total. The summed E-state index contributed by atoms with van der Waals surface area (Å²) in [5.41, 5.74) is -0.0925. The van der Waals surface area contributed by atoms with Crippen molar-refractivity contribution >= 4 is 35.0 Å². The van der Waals surface area contributed by atoms with Gasteiger partial charge in [-0.3, -0.25) is 0 Å². The van der Waals surface area contributed by atoms with E-state index in [0.29, 0.717) is 29.3 Å². The lowest BCUT2D eigenvalue weighted by molar-refractivity contribution is -0.131. The smallest absolute Gasteiger partial charge is 0.329 e. The van der Waals surface area contributed by atoms with Crippen molar-refractivity contribution in [2.75, 3.05) is 17.7 Å². The van der Waals surface area contributed by atoms with Gasteiger partial charge in [-0.25, -0.2) is 14.2 Å². The second kappa shape index (κ2) is 9.43. The van der Waals surface area contributed by atoms with Gasteiger partial charge in [0.05, 0.1) is 18.3 Å². The van der Waals surface area contributed by atoms with Crippen molar-refractivity contribution in [3.05, 3.63) is 47.5 Å². The third-order valence-corrected chi connectivity index (χ3v) is 5.95. The largest absolute Gasteiger partial charge is 0.495 e. The van der Waals surface area contributed by atoms with Crippen molar-refractivity contribution in [2.45, 2.75) is 57.7 Å². The maximum Gasteiger partial charge on any atom is 0.329 e. The number of aliphatic carboxylic acids is 1. The first-order chi connectivity index (χ1) is 15.4. The third kappa shape index (κ3) is 5.84. The Bertz CT molecular complexity index is 1040. The van der Waals surface area contributed by atoms with Crippen LogP contribution in [0, 0.1) is 5.82 Å². The molecule has 3 rings (SSSR count). The minimum atomic E-state index is -0.997. The van der Waals surface area contributed by atoms with Gasteiger partial charge in [-0.2, -0.15) is 4.98 Å². The molecule has 1 aromatic heterocycles. The molecular formula is C23H29ClFN5O3. The molecule has 33 heavy (non-hydrogen) atoms. The number of carbonyl (C=O) groups is 1. The summed E-state index contributed by atoms with van der Waals surface area (Å²) in [5.74, 6) is -0.696. The average molecular weight is 478 g/mol. The van der Waals surface area contributed by atoms with Crippen LogP contribution < -0.4 is 15.4 Å². The van der Waals surface area contributed by atoms with Gasteiger partial charge in [0.15, 0.2) is 11.6 Å². The third-order valence-electron chi connectivity index (χ3n) is 5.66. The summed E-state index contributed by atoms with van der Waals surface area (Å²) in [6, 6.07) is 5.06. The summed E-state index contributed by atoms with van der Waals surface area (Å²) in [6.45, 7) is 8.13. The van der Waals surface area contributed by atoms with E-state index in [1.807, 2.05) is 32.6 Å². The number of benzene rings is 1. The lowest BCUT2D eigenvalue weighted by Gasteiger charge is -2.55. The molecule has 0 aliphatic carbocycles. The fourth-order valence-electron chi connectivity index (χ4n) is 4.53. The van der Waals surface area contributed by atoms with E-state index in [9.17, 15) is 9.18 Å². The first-order valence-electron chi connectivity index (χ1n) is 10.5. The van der Waals surface area contributed by atoms with Gasteiger partial charge in [0.1, 0.15) is 5.75 Å². The Morgan fingerprint density at radius 2 is 1.97 bits per heavy atom. The highest BCUT2D eigenvalue weighted by molar-refractivity contribution is 6.32. The van der Waals surface area contributed by atoms with Crippen LogP contribution in [-0.4, -0.2) is 50.2 Å². The van der Waals surface area contributed by atoms with E-state index in [1.54, 1.807) is 24.4 Å². The maximum atomic E-state index is 14.6. The fourth-order valence-corrected chi connectivity index (χ4v) is 4.79. The molecule has 3 N–H and O–H groups in total. The number of rotatable bonds is 7. The van der Waals surface area contributed by atoms with Gasteiger partial charge < -0.3 is 25.4 Å². The Morgan fingerprint density at radius 3 is 2.55 bits per heavy atom. The Balaban J connectivity index is 1.78. The summed E-state index contributed by atoms with van der Waals surface area (Å²) in [6.07, 6.45) is 5.18. The molecule has 1 aliphatic heterocycles. The quantitative estimate of drug-likeness (QED) is 0.476. The second-order valence-electron chi connectivity index (χ2n) is 9.26. The number of hydrogen-bond donors (Lipinski definition) is 3. The number of piperidine rings is 1. The van der Waals surface area contributed by atoms with Crippen LogP contribution >= 0.6 is 11.6 Å². The maximum absolute atomic E-state index is 14.6. The van der Waals surface area contributed by atoms with Gasteiger partial charge in [0.2, 0.25) is 5.95 Å². The minimum Gasteiger partial charge on any atom is -0.495 e. The van der Waals surface area contributed by atoms with Crippen molar-refractivity contribution in [3.63, 3.8) is 0 Å². The van der Waals surface area contributed by atoms with Crippen LogP contribution in [0.1, 0.15) is 40.5 Å². The van der Waals surface area contributed by atoms with E-state index >= 15 is 0 Å². The van der Waals surface area contributed by atoms with E-state index in [4.69, 9.17) is 21.4 Å². The highest BCUT2D eigenvalue weighted by atomic mass is 35.5. The van der Waals surface area contributed by atoms with Crippen LogP contribution in [-0.2, 0) is 4.79 Å². The van der Waals surface area contributed by atoms with Gasteiger partial charge in [0.25, 0.3) is 0 Å².